The molecule has 0 unspecified atom stereocenters. The van der Waals surface area contributed by atoms with Gasteiger partial charge in [-0.1, -0.05) is 31.2 Å². The van der Waals surface area contributed by atoms with Gasteiger partial charge in [-0.15, -0.1) is 0 Å². The van der Waals surface area contributed by atoms with Crippen LogP contribution in [0.15, 0.2) is 54.9 Å². The van der Waals surface area contributed by atoms with E-state index in [4.69, 9.17) is 0 Å². The molecule has 19 heavy (non-hydrogen) atoms. The molecule has 2 aromatic carbocycles. The van der Waals surface area contributed by atoms with Crippen molar-refractivity contribution < 1.29 is 0 Å². The largest absolute Gasteiger partial charge is 0.340 e. The van der Waals surface area contributed by atoms with Crippen molar-refractivity contribution >= 4 is 22.4 Å². The standard InChI is InChI=1S/C16H15N3/c1-2-12-7-9-13(10-8-12)19-16-14-5-3-4-6-15(14)17-11-18-16/h3-11H,2H2,1H3,(H,17,18,19). The van der Waals surface area contributed by atoms with Gasteiger partial charge in [-0.05, 0) is 36.2 Å². The van der Waals surface area contributed by atoms with Crippen LogP contribution in [-0.2, 0) is 6.42 Å². The lowest BCUT2D eigenvalue weighted by Crippen LogP contribution is -1.96. The maximum Gasteiger partial charge on any atom is 0.141 e. The predicted molar refractivity (Wildman–Crippen MR) is 78.6 cm³/mol. The first-order chi connectivity index (χ1) is 9.36. The Morgan fingerprint density at radius 2 is 1.74 bits per heavy atom. The SMILES string of the molecule is CCc1ccc(Nc2ncnc3ccccc23)cc1. The van der Waals surface area contributed by atoms with Gasteiger partial charge in [-0.2, -0.15) is 0 Å². The zero-order valence-electron chi connectivity index (χ0n) is 10.8. The van der Waals surface area contributed by atoms with Crippen LogP contribution >= 0.6 is 0 Å². The van der Waals surface area contributed by atoms with Crippen molar-refractivity contribution in [2.24, 2.45) is 0 Å². The minimum atomic E-state index is 0.842. The van der Waals surface area contributed by atoms with Crippen molar-refractivity contribution in [3.63, 3.8) is 0 Å². The number of hydrogen-bond donors (Lipinski definition) is 1. The van der Waals surface area contributed by atoms with E-state index in [0.717, 1.165) is 28.8 Å². The van der Waals surface area contributed by atoms with E-state index in [0.29, 0.717) is 0 Å². The van der Waals surface area contributed by atoms with Gasteiger partial charge in [0, 0.05) is 11.1 Å². The van der Waals surface area contributed by atoms with Crippen LogP contribution in [0.1, 0.15) is 12.5 Å². The molecule has 3 rings (SSSR count). The number of rotatable bonds is 3. The summed E-state index contributed by atoms with van der Waals surface area (Å²) in [5.41, 5.74) is 3.32. The zero-order chi connectivity index (χ0) is 13.1. The van der Waals surface area contributed by atoms with Crippen molar-refractivity contribution in [3.8, 4) is 0 Å². The number of hydrogen-bond acceptors (Lipinski definition) is 3. The molecule has 0 atom stereocenters. The smallest absolute Gasteiger partial charge is 0.141 e. The second-order valence-electron chi connectivity index (χ2n) is 4.41. The number of para-hydroxylation sites is 1. The molecule has 1 aromatic heterocycles. The van der Waals surface area contributed by atoms with E-state index >= 15 is 0 Å². The first-order valence-corrected chi connectivity index (χ1v) is 6.42. The van der Waals surface area contributed by atoms with E-state index in [1.165, 1.54) is 5.56 Å². The number of aryl methyl sites for hydroxylation is 1. The summed E-state index contributed by atoms with van der Waals surface area (Å²) in [5.74, 6) is 0.842. The van der Waals surface area contributed by atoms with Crippen LogP contribution in [0.5, 0.6) is 0 Å². The molecule has 94 valence electrons. The Bertz CT molecular complexity index is 684. The van der Waals surface area contributed by atoms with Crippen LogP contribution < -0.4 is 5.32 Å². The summed E-state index contributed by atoms with van der Waals surface area (Å²) < 4.78 is 0. The third-order valence-electron chi connectivity index (χ3n) is 3.17. The van der Waals surface area contributed by atoms with Crippen molar-refractivity contribution in [1.29, 1.82) is 0 Å². The van der Waals surface area contributed by atoms with Crippen LogP contribution in [0.25, 0.3) is 10.9 Å². The van der Waals surface area contributed by atoms with E-state index in [-0.39, 0.29) is 0 Å². The van der Waals surface area contributed by atoms with Crippen molar-refractivity contribution in [1.82, 2.24) is 9.97 Å². The highest BCUT2D eigenvalue weighted by Gasteiger charge is 2.02. The second kappa shape index (κ2) is 5.06. The number of anilines is 2. The first kappa shape index (κ1) is 11.7. The third kappa shape index (κ3) is 2.40. The highest BCUT2D eigenvalue weighted by atomic mass is 15.0. The van der Waals surface area contributed by atoms with Crippen molar-refractivity contribution in [2.45, 2.75) is 13.3 Å². The lowest BCUT2D eigenvalue weighted by Gasteiger charge is -2.08. The van der Waals surface area contributed by atoms with Crippen LogP contribution in [0.4, 0.5) is 11.5 Å². The summed E-state index contributed by atoms with van der Waals surface area (Å²) in [6.07, 6.45) is 2.64. The third-order valence-corrected chi connectivity index (χ3v) is 3.17. The topological polar surface area (TPSA) is 37.8 Å². The molecule has 3 aromatic rings. The molecule has 0 aliphatic rings. The van der Waals surface area contributed by atoms with E-state index < -0.39 is 0 Å². The Labute approximate surface area is 112 Å². The fourth-order valence-corrected chi connectivity index (χ4v) is 2.06. The molecule has 0 amide bonds. The first-order valence-electron chi connectivity index (χ1n) is 6.42. The quantitative estimate of drug-likeness (QED) is 0.764. The molecule has 0 aliphatic carbocycles. The normalized spacial score (nSPS) is 10.6. The molecule has 0 saturated heterocycles. The molecule has 1 N–H and O–H groups in total. The Hall–Kier alpha value is -2.42. The summed E-state index contributed by atoms with van der Waals surface area (Å²) >= 11 is 0. The molecule has 0 saturated carbocycles. The molecule has 0 bridgehead atoms. The van der Waals surface area contributed by atoms with Gasteiger partial charge < -0.3 is 5.32 Å². The lowest BCUT2D eigenvalue weighted by molar-refractivity contribution is 1.14. The summed E-state index contributed by atoms with van der Waals surface area (Å²) in [7, 11) is 0. The molecule has 0 radical (unpaired) electrons. The molecular formula is C16H15N3. The Morgan fingerprint density at radius 3 is 2.53 bits per heavy atom. The fraction of sp³-hybridized carbons (Fsp3) is 0.125. The van der Waals surface area contributed by atoms with Crippen LogP contribution in [-0.4, -0.2) is 9.97 Å². The zero-order valence-corrected chi connectivity index (χ0v) is 10.8. The van der Waals surface area contributed by atoms with Gasteiger partial charge in [0.2, 0.25) is 0 Å². The number of nitrogens with zero attached hydrogens (tertiary/aromatic N) is 2. The van der Waals surface area contributed by atoms with Gasteiger partial charge in [0.1, 0.15) is 12.1 Å². The number of fused-ring (bicyclic) bond motifs is 1. The van der Waals surface area contributed by atoms with E-state index in [2.05, 4.69) is 46.5 Å². The van der Waals surface area contributed by atoms with E-state index in [1.54, 1.807) is 6.33 Å². The fourth-order valence-electron chi connectivity index (χ4n) is 2.06. The highest BCUT2D eigenvalue weighted by molar-refractivity contribution is 5.90. The average Bonchev–Trinajstić information content (AvgIpc) is 2.48. The summed E-state index contributed by atoms with van der Waals surface area (Å²) in [6, 6.07) is 16.4. The molecule has 0 aliphatic heterocycles. The van der Waals surface area contributed by atoms with Gasteiger partial charge in [-0.25, -0.2) is 9.97 Å². The maximum absolute atomic E-state index is 4.32. The summed E-state index contributed by atoms with van der Waals surface area (Å²) in [5, 5.41) is 4.38. The minimum absolute atomic E-state index is 0.842. The number of nitrogens with one attached hydrogen (secondary N) is 1. The Morgan fingerprint density at radius 1 is 0.947 bits per heavy atom. The summed E-state index contributed by atoms with van der Waals surface area (Å²) in [4.78, 5) is 8.58. The minimum Gasteiger partial charge on any atom is -0.340 e. The molecule has 3 heteroatoms. The summed E-state index contributed by atoms with van der Waals surface area (Å²) in [6.45, 7) is 2.15. The van der Waals surface area contributed by atoms with Crippen molar-refractivity contribution in [2.75, 3.05) is 5.32 Å². The predicted octanol–water partition coefficient (Wildman–Crippen LogP) is 3.94. The van der Waals surface area contributed by atoms with Gasteiger partial charge in [-0.3, -0.25) is 0 Å². The van der Waals surface area contributed by atoms with Gasteiger partial charge in [0.25, 0.3) is 0 Å². The second-order valence-corrected chi connectivity index (χ2v) is 4.41. The molecule has 1 heterocycles. The number of aromatic nitrogens is 2. The van der Waals surface area contributed by atoms with Gasteiger partial charge >= 0.3 is 0 Å². The van der Waals surface area contributed by atoms with E-state index in [1.807, 2.05) is 24.3 Å². The maximum atomic E-state index is 4.32. The van der Waals surface area contributed by atoms with E-state index in [9.17, 15) is 0 Å². The molecular weight excluding hydrogens is 234 g/mol. The Balaban J connectivity index is 1.96. The van der Waals surface area contributed by atoms with Crippen LogP contribution in [0.2, 0.25) is 0 Å². The molecule has 3 nitrogen and oxygen atoms in total. The van der Waals surface area contributed by atoms with Gasteiger partial charge in [0.15, 0.2) is 0 Å². The van der Waals surface area contributed by atoms with Crippen molar-refractivity contribution in [3.05, 3.63) is 60.4 Å². The highest BCUT2D eigenvalue weighted by Crippen LogP contribution is 2.22. The lowest BCUT2D eigenvalue weighted by atomic mass is 10.1. The van der Waals surface area contributed by atoms with Gasteiger partial charge in [0.05, 0.1) is 5.52 Å². The molecule has 0 fully saturated rings. The van der Waals surface area contributed by atoms with Crippen LogP contribution in [0.3, 0.4) is 0 Å². The Kier molecular flexibility index (Phi) is 3.11. The monoisotopic (exact) mass is 249 g/mol. The number of benzene rings is 2. The average molecular weight is 249 g/mol. The van der Waals surface area contributed by atoms with Crippen LogP contribution in [0, 0.1) is 0 Å². The molecule has 0 spiro atoms.